The minimum atomic E-state index is -4.40. The van der Waals surface area contributed by atoms with Crippen LogP contribution in [0.4, 0.5) is 13.2 Å². The van der Waals surface area contributed by atoms with E-state index in [1.54, 1.807) is 0 Å². The van der Waals surface area contributed by atoms with Crippen molar-refractivity contribution >= 4 is 12.4 Å². The van der Waals surface area contributed by atoms with Crippen LogP contribution in [0.5, 0.6) is 0 Å². The summed E-state index contributed by atoms with van der Waals surface area (Å²) in [5.74, 6) is 0. The lowest BCUT2D eigenvalue weighted by atomic mass is 10.0. The van der Waals surface area contributed by atoms with Gasteiger partial charge in [-0.15, -0.1) is 12.4 Å². The zero-order valence-corrected chi connectivity index (χ0v) is 15.0. The first-order valence-corrected chi connectivity index (χ1v) is 7.90. The molecule has 0 bridgehead atoms. The van der Waals surface area contributed by atoms with Gasteiger partial charge >= 0.3 is 6.18 Å². The van der Waals surface area contributed by atoms with Gasteiger partial charge in [-0.25, -0.2) is 0 Å². The van der Waals surface area contributed by atoms with E-state index < -0.39 is 17.8 Å². The molecule has 0 aromatic heterocycles. The first-order valence-electron chi connectivity index (χ1n) is 7.90. The molecule has 2 aromatic carbocycles. The highest BCUT2D eigenvalue weighted by Gasteiger charge is 2.30. The van der Waals surface area contributed by atoms with Gasteiger partial charge < -0.3 is 10.4 Å². The fraction of sp³-hybridized carbons (Fsp3) is 0.368. The Morgan fingerprint density at radius 3 is 2.32 bits per heavy atom. The molecule has 0 aliphatic carbocycles. The highest BCUT2D eigenvalue weighted by atomic mass is 35.5. The highest BCUT2D eigenvalue weighted by molar-refractivity contribution is 5.85. The quantitative estimate of drug-likeness (QED) is 0.770. The van der Waals surface area contributed by atoms with Crippen molar-refractivity contribution in [2.24, 2.45) is 0 Å². The van der Waals surface area contributed by atoms with Gasteiger partial charge in [0.05, 0.1) is 11.7 Å². The molecule has 0 aliphatic rings. The molecule has 138 valence electrons. The van der Waals surface area contributed by atoms with Crippen molar-refractivity contribution in [1.82, 2.24) is 5.32 Å². The van der Waals surface area contributed by atoms with Crippen LogP contribution in [0, 0.1) is 6.92 Å². The van der Waals surface area contributed by atoms with E-state index in [9.17, 15) is 18.3 Å². The second kappa shape index (κ2) is 9.22. The van der Waals surface area contributed by atoms with Crippen LogP contribution < -0.4 is 5.32 Å². The van der Waals surface area contributed by atoms with Crippen molar-refractivity contribution in [3.8, 4) is 0 Å². The molecule has 25 heavy (non-hydrogen) atoms. The molecule has 0 radical (unpaired) electrons. The van der Waals surface area contributed by atoms with Gasteiger partial charge in [0.25, 0.3) is 0 Å². The topological polar surface area (TPSA) is 32.3 Å². The Morgan fingerprint density at radius 2 is 1.72 bits per heavy atom. The van der Waals surface area contributed by atoms with Crippen molar-refractivity contribution in [3.05, 3.63) is 70.8 Å². The molecule has 0 heterocycles. The second-order valence-corrected chi connectivity index (χ2v) is 6.14. The second-order valence-electron chi connectivity index (χ2n) is 6.14. The Labute approximate surface area is 152 Å². The van der Waals surface area contributed by atoms with Gasteiger partial charge in [0.1, 0.15) is 0 Å². The molecule has 0 fully saturated rings. The number of aryl methyl sites for hydroxylation is 1. The average Bonchev–Trinajstić information content (AvgIpc) is 2.54. The van der Waals surface area contributed by atoms with Gasteiger partial charge in [-0.05, 0) is 43.5 Å². The smallest absolute Gasteiger partial charge is 0.387 e. The number of aliphatic hydroxyl groups is 1. The van der Waals surface area contributed by atoms with E-state index in [4.69, 9.17) is 0 Å². The number of nitrogens with one attached hydrogen (secondary N) is 1. The summed E-state index contributed by atoms with van der Waals surface area (Å²) in [6.07, 6.45) is -4.59. The Balaban J connectivity index is 0.00000312. The van der Waals surface area contributed by atoms with Crippen LogP contribution in [-0.2, 0) is 12.6 Å². The summed E-state index contributed by atoms with van der Waals surface area (Å²) in [5, 5.41) is 13.3. The molecule has 0 aliphatic heterocycles. The Hall–Kier alpha value is -1.56. The first kappa shape index (κ1) is 21.5. The summed E-state index contributed by atoms with van der Waals surface area (Å²) in [5.41, 5.74) is 1.89. The van der Waals surface area contributed by atoms with Gasteiger partial charge in [-0.2, -0.15) is 13.2 Å². The molecule has 0 spiro atoms. The van der Waals surface area contributed by atoms with Gasteiger partial charge in [0.15, 0.2) is 0 Å². The van der Waals surface area contributed by atoms with Gasteiger partial charge in [0.2, 0.25) is 0 Å². The third-order valence-electron chi connectivity index (χ3n) is 3.92. The van der Waals surface area contributed by atoms with Gasteiger partial charge in [-0.3, -0.25) is 0 Å². The molecule has 0 amide bonds. The number of alkyl halides is 3. The predicted molar refractivity (Wildman–Crippen MR) is 96.0 cm³/mol. The van der Waals surface area contributed by atoms with E-state index >= 15 is 0 Å². The van der Waals surface area contributed by atoms with Crippen LogP contribution in [0.2, 0.25) is 0 Å². The van der Waals surface area contributed by atoms with E-state index in [1.165, 1.54) is 23.3 Å². The van der Waals surface area contributed by atoms with Crippen molar-refractivity contribution in [1.29, 1.82) is 0 Å². The fourth-order valence-electron chi connectivity index (χ4n) is 2.50. The molecule has 0 saturated carbocycles. The van der Waals surface area contributed by atoms with Crippen LogP contribution in [0.3, 0.4) is 0 Å². The maximum absolute atomic E-state index is 12.7. The summed E-state index contributed by atoms with van der Waals surface area (Å²) in [4.78, 5) is 0. The number of benzene rings is 2. The van der Waals surface area contributed by atoms with Crippen LogP contribution in [0.15, 0.2) is 48.5 Å². The van der Waals surface area contributed by atoms with E-state index in [2.05, 4.69) is 17.4 Å². The zero-order chi connectivity index (χ0) is 17.7. The van der Waals surface area contributed by atoms with Crippen molar-refractivity contribution in [3.63, 3.8) is 0 Å². The van der Waals surface area contributed by atoms with Crippen LogP contribution in [0.25, 0.3) is 0 Å². The normalized spacial score (nSPS) is 13.8. The average molecular weight is 374 g/mol. The summed E-state index contributed by atoms with van der Waals surface area (Å²) in [6, 6.07) is 13.1. The van der Waals surface area contributed by atoms with Gasteiger partial charge in [0, 0.05) is 12.6 Å². The van der Waals surface area contributed by atoms with E-state index in [0.717, 1.165) is 18.6 Å². The van der Waals surface area contributed by atoms with E-state index in [0.29, 0.717) is 0 Å². The summed E-state index contributed by atoms with van der Waals surface area (Å²) in [7, 11) is 0. The molecule has 2 aromatic rings. The number of halogens is 4. The minimum Gasteiger partial charge on any atom is -0.387 e. The molecule has 2 N–H and O–H groups in total. The van der Waals surface area contributed by atoms with Crippen molar-refractivity contribution in [2.45, 2.75) is 38.6 Å². The lowest BCUT2D eigenvalue weighted by Crippen LogP contribution is -2.32. The third kappa shape index (κ3) is 6.69. The maximum Gasteiger partial charge on any atom is 0.416 e. The zero-order valence-electron chi connectivity index (χ0n) is 14.2. The van der Waals surface area contributed by atoms with E-state index in [1.807, 2.05) is 26.0 Å². The monoisotopic (exact) mass is 373 g/mol. The predicted octanol–water partition coefficient (Wildman–Crippen LogP) is 4.69. The number of aliphatic hydroxyl groups excluding tert-OH is 1. The summed E-state index contributed by atoms with van der Waals surface area (Å²) in [6.45, 7) is 4.21. The minimum absolute atomic E-state index is 0. The van der Waals surface area contributed by atoms with Crippen LogP contribution in [-0.4, -0.2) is 17.7 Å². The third-order valence-corrected chi connectivity index (χ3v) is 3.92. The Kier molecular flexibility index (Phi) is 7.93. The molecule has 2 rings (SSSR count). The Bertz CT molecular complexity index is 658. The maximum atomic E-state index is 12.7. The number of hydrogen-bond donors (Lipinski definition) is 2. The molecule has 2 atom stereocenters. The summed E-state index contributed by atoms with van der Waals surface area (Å²) < 4.78 is 38.2. The Morgan fingerprint density at radius 1 is 1.08 bits per heavy atom. The fourth-order valence-corrected chi connectivity index (χ4v) is 2.50. The molecule has 2 unspecified atom stereocenters. The molecule has 2 nitrogen and oxygen atoms in total. The number of rotatable bonds is 6. The van der Waals surface area contributed by atoms with Crippen molar-refractivity contribution in [2.75, 3.05) is 6.54 Å². The van der Waals surface area contributed by atoms with Crippen LogP contribution in [0.1, 0.15) is 35.3 Å². The van der Waals surface area contributed by atoms with Gasteiger partial charge in [-0.1, -0.05) is 42.0 Å². The standard InChI is InChI=1S/C19H22F3NO.ClH/c1-13-6-8-15(9-7-13)10-14(2)23-12-18(24)16-4-3-5-17(11-16)19(20,21)22;/h3-9,11,14,18,23-24H,10,12H2,1-2H3;1H. The largest absolute Gasteiger partial charge is 0.416 e. The van der Waals surface area contributed by atoms with E-state index in [-0.39, 0.29) is 30.6 Å². The summed E-state index contributed by atoms with van der Waals surface area (Å²) >= 11 is 0. The molecule has 0 saturated heterocycles. The first-order chi connectivity index (χ1) is 11.3. The highest BCUT2D eigenvalue weighted by Crippen LogP contribution is 2.30. The lowest BCUT2D eigenvalue weighted by molar-refractivity contribution is -0.137. The van der Waals surface area contributed by atoms with Crippen LogP contribution >= 0.6 is 12.4 Å². The van der Waals surface area contributed by atoms with Crippen molar-refractivity contribution < 1.29 is 18.3 Å². The molecule has 6 heteroatoms. The SMILES string of the molecule is Cc1ccc(CC(C)NCC(O)c2cccc(C(F)(F)F)c2)cc1.Cl. The lowest BCUT2D eigenvalue weighted by Gasteiger charge is -2.18. The molecular weight excluding hydrogens is 351 g/mol. The number of hydrogen-bond acceptors (Lipinski definition) is 2. The molecular formula is C19H23ClF3NO.